The molecule has 1 aromatic heterocycles. The maximum Gasteiger partial charge on any atom is 0.176 e. The summed E-state index contributed by atoms with van der Waals surface area (Å²) in [4.78, 5) is 7.71. The van der Waals surface area contributed by atoms with Gasteiger partial charge in [-0.05, 0) is 50.1 Å². The molecule has 0 saturated carbocycles. The summed E-state index contributed by atoms with van der Waals surface area (Å²) in [6.45, 7) is 0. The molecule has 0 aliphatic carbocycles. The molecule has 56 valence electrons. The minimum Gasteiger partial charge on any atom is -0.234 e. The zero-order chi connectivity index (χ0) is 8.27. The quantitative estimate of drug-likeness (QED) is 0.586. The van der Waals surface area contributed by atoms with Crippen molar-refractivity contribution in [2.75, 3.05) is 0 Å². The maximum atomic E-state index is 4.44. The number of aromatic nitrogens is 1. The predicted molar refractivity (Wildman–Crippen MR) is 54.3 cm³/mol. The summed E-state index contributed by atoms with van der Waals surface area (Å²) >= 11 is 11.0. The normalized spacial score (nSPS) is 8.91. The van der Waals surface area contributed by atoms with E-state index in [2.05, 4.69) is 59.2 Å². The molecule has 2 nitrogen and oxygen atoms in total. The van der Waals surface area contributed by atoms with E-state index < -0.39 is 0 Å². The van der Waals surface area contributed by atoms with E-state index in [1.54, 1.807) is 6.20 Å². The number of hydrogen-bond acceptors (Lipinski definition) is 3. The first kappa shape index (κ1) is 9.00. The molecule has 0 aliphatic rings. The summed E-state index contributed by atoms with van der Waals surface area (Å²) in [5.41, 5.74) is 0. The van der Waals surface area contributed by atoms with Crippen molar-refractivity contribution >= 4 is 55.1 Å². The summed E-state index contributed by atoms with van der Waals surface area (Å²) < 4.78 is 1.69. The molecule has 0 unspecified atom stereocenters. The van der Waals surface area contributed by atoms with Crippen LogP contribution in [0, 0.1) is 0 Å². The number of nitrogens with zero attached hydrogens (tertiary/aromatic N) is 2. The first-order chi connectivity index (χ1) is 5.24. The Bertz CT molecular complexity index is 320. The average Bonchev–Trinajstić information content (AvgIpc) is 1.95. The fourth-order valence-corrected chi connectivity index (χ4v) is 1.70. The second kappa shape index (κ2) is 4.07. The molecule has 0 amide bonds. The molecule has 0 saturated heterocycles. The van der Waals surface area contributed by atoms with Crippen LogP contribution in [-0.2, 0) is 0 Å². The maximum absolute atomic E-state index is 4.44. The van der Waals surface area contributed by atoms with Crippen molar-refractivity contribution in [3.05, 3.63) is 21.2 Å². The van der Waals surface area contributed by atoms with E-state index in [-0.39, 0.29) is 0 Å². The molecule has 0 N–H and O–H groups in total. The van der Waals surface area contributed by atoms with E-state index >= 15 is 0 Å². The number of hydrogen-bond donors (Lipinski definition) is 0. The summed E-state index contributed by atoms with van der Waals surface area (Å²) in [5.74, 6) is 0.545. The second-order valence-corrected chi connectivity index (χ2v) is 3.61. The van der Waals surface area contributed by atoms with Gasteiger partial charge in [0.25, 0.3) is 0 Å². The van der Waals surface area contributed by atoms with Gasteiger partial charge in [0.1, 0.15) is 0 Å². The smallest absolute Gasteiger partial charge is 0.176 e. The van der Waals surface area contributed by atoms with Gasteiger partial charge in [-0.25, -0.2) is 4.98 Å². The number of thiocarbonyl (C=S) groups is 1. The standard InChI is InChI=1S/C6H2Br2N2S/c7-4-1-5(8)6(9-2-4)10-3-11/h1-2H. The van der Waals surface area contributed by atoms with Gasteiger partial charge in [-0.2, -0.15) is 4.99 Å². The molecular formula is C6H2Br2N2S. The number of isothiocyanates is 1. The van der Waals surface area contributed by atoms with Crippen molar-refractivity contribution in [2.24, 2.45) is 4.99 Å². The lowest BCUT2D eigenvalue weighted by Crippen LogP contribution is -1.75. The third-order valence-electron chi connectivity index (χ3n) is 0.940. The highest BCUT2D eigenvalue weighted by molar-refractivity contribution is 9.11. The summed E-state index contributed by atoms with van der Waals surface area (Å²) in [6.07, 6.45) is 1.65. The fraction of sp³-hybridized carbons (Fsp3) is 0. The van der Waals surface area contributed by atoms with E-state index in [9.17, 15) is 0 Å². The predicted octanol–water partition coefficient (Wildman–Crippen LogP) is 3.34. The van der Waals surface area contributed by atoms with Gasteiger partial charge in [-0.15, -0.1) is 0 Å². The molecule has 0 fully saturated rings. The van der Waals surface area contributed by atoms with Crippen molar-refractivity contribution in [3.8, 4) is 0 Å². The van der Waals surface area contributed by atoms with Gasteiger partial charge in [0.15, 0.2) is 5.82 Å². The van der Waals surface area contributed by atoms with Crippen LogP contribution in [-0.4, -0.2) is 10.1 Å². The summed E-state index contributed by atoms with van der Waals surface area (Å²) in [6, 6.07) is 1.85. The van der Waals surface area contributed by atoms with Crippen molar-refractivity contribution in [3.63, 3.8) is 0 Å². The molecule has 0 radical (unpaired) electrons. The van der Waals surface area contributed by atoms with Gasteiger partial charge in [-0.3, -0.25) is 0 Å². The minimum absolute atomic E-state index is 0.545. The Morgan fingerprint density at radius 2 is 2.27 bits per heavy atom. The van der Waals surface area contributed by atoms with Crippen molar-refractivity contribution in [2.45, 2.75) is 0 Å². The minimum atomic E-state index is 0.545. The van der Waals surface area contributed by atoms with E-state index in [0.717, 1.165) is 8.95 Å². The van der Waals surface area contributed by atoms with Crippen LogP contribution in [0.4, 0.5) is 5.82 Å². The molecule has 0 aromatic carbocycles. The Balaban J connectivity index is 3.19. The third-order valence-corrected chi connectivity index (χ3v) is 2.05. The highest BCUT2D eigenvalue weighted by Gasteiger charge is 1.98. The molecule has 5 heteroatoms. The first-order valence-corrected chi connectivity index (χ1v) is 4.62. The number of aliphatic imine (C=N–C) groups is 1. The van der Waals surface area contributed by atoms with Crippen molar-refractivity contribution in [1.82, 2.24) is 4.98 Å². The van der Waals surface area contributed by atoms with E-state index in [0.29, 0.717) is 5.82 Å². The molecule has 0 spiro atoms. The van der Waals surface area contributed by atoms with Crippen LogP contribution in [0.2, 0.25) is 0 Å². The molecule has 0 aliphatic heterocycles. The molecule has 11 heavy (non-hydrogen) atoms. The van der Waals surface area contributed by atoms with Crippen LogP contribution < -0.4 is 0 Å². The Labute approximate surface area is 86.0 Å². The zero-order valence-electron chi connectivity index (χ0n) is 5.21. The second-order valence-electron chi connectivity index (χ2n) is 1.66. The third kappa shape index (κ3) is 2.45. The summed E-state index contributed by atoms with van der Waals surface area (Å²) in [7, 11) is 0. The molecule has 1 heterocycles. The van der Waals surface area contributed by atoms with Crippen LogP contribution in [0.1, 0.15) is 0 Å². The van der Waals surface area contributed by atoms with Crippen LogP contribution >= 0.6 is 44.1 Å². The molecule has 1 rings (SSSR count). The lowest BCUT2D eigenvalue weighted by molar-refractivity contribution is 1.25. The zero-order valence-corrected chi connectivity index (χ0v) is 9.20. The number of pyridine rings is 1. The highest BCUT2D eigenvalue weighted by Crippen LogP contribution is 2.24. The van der Waals surface area contributed by atoms with E-state index in [1.165, 1.54) is 0 Å². The molecule has 1 aromatic rings. The Hall–Kier alpha value is -0.0900. The fourth-order valence-electron chi connectivity index (χ4n) is 0.533. The van der Waals surface area contributed by atoms with Crippen molar-refractivity contribution < 1.29 is 0 Å². The van der Waals surface area contributed by atoms with Gasteiger partial charge in [0.05, 0.1) is 9.63 Å². The summed E-state index contributed by atoms with van der Waals surface area (Å²) in [5, 5.41) is 2.24. The van der Waals surface area contributed by atoms with Crippen LogP contribution in [0.15, 0.2) is 26.2 Å². The van der Waals surface area contributed by atoms with Gasteiger partial charge in [-0.1, -0.05) is 0 Å². The monoisotopic (exact) mass is 292 g/mol. The lowest BCUT2D eigenvalue weighted by atomic mass is 10.5. The SMILES string of the molecule is S=C=Nc1ncc(Br)cc1Br. The van der Waals surface area contributed by atoms with Gasteiger partial charge >= 0.3 is 0 Å². The van der Waals surface area contributed by atoms with Gasteiger partial charge in [0.2, 0.25) is 0 Å². The largest absolute Gasteiger partial charge is 0.234 e. The topological polar surface area (TPSA) is 25.2 Å². The van der Waals surface area contributed by atoms with Gasteiger partial charge < -0.3 is 0 Å². The average molecular weight is 294 g/mol. The molecule has 0 atom stereocenters. The molecule has 0 bridgehead atoms. The number of halogens is 2. The Kier molecular flexibility index (Phi) is 3.33. The van der Waals surface area contributed by atoms with Crippen LogP contribution in [0.5, 0.6) is 0 Å². The highest BCUT2D eigenvalue weighted by atomic mass is 79.9. The van der Waals surface area contributed by atoms with Gasteiger partial charge in [0, 0.05) is 10.7 Å². The Morgan fingerprint density at radius 1 is 1.55 bits per heavy atom. The molecular weight excluding hydrogens is 292 g/mol. The van der Waals surface area contributed by atoms with E-state index in [1.807, 2.05) is 6.07 Å². The van der Waals surface area contributed by atoms with Crippen molar-refractivity contribution in [1.29, 1.82) is 0 Å². The lowest BCUT2D eigenvalue weighted by Gasteiger charge is -1.94. The van der Waals surface area contributed by atoms with Crippen LogP contribution in [0.3, 0.4) is 0 Å². The van der Waals surface area contributed by atoms with Crippen LogP contribution in [0.25, 0.3) is 0 Å². The van der Waals surface area contributed by atoms with E-state index in [4.69, 9.17) is 0 Å². The Morgan fingerprint density at radius 3 is 2.82 bits per heavy atom. The first-order valence-electron chi connectivity index (χ1n) is 2.63. The number of rotatable bonds is 1.